The number of rotatable bonds is 4. The zero-order valence-electron chi connectivity index (χ0n) is 14.5. The van der Waals surface area contributed by atoms with E-state index in [0.717, 1.165) is 36.9 Å². The second-order valence-corrected chi connectivity index (χ2v) is 6.69. The molecule has 0 radical (unpaired) electrons. The highest BCUT2D eigenvalue weighted by Gasteiger charge is 2.22. The van der Waals surface area contributed by atoms with Gasteiger partial charge in [0.15, 0.2) is 0 Å². The summed E-state index contributed by atoms with van der Waals surface area (Å²) >= 11 is 0. The van der Waals surface area contributed by atoms with Gasteiger partial charge in [0.1, 0.15) is 0 Å². The molecule has 1 saturated carbocycles. The third-order valence-electron chi connectivity index (χ3n) is 4.68. The van der Waals surface area contributed by atoms with Gasteiger partial charge < -0.3 is 10.6 Å². The van der Waals surface area contributed by atoms with Crippen molar-refractivity contribution in [1.82, 2.24) is 0 Å². The number of benzene rings is 2. The van der Waals surface area contributed by atoms with E-state index in [1.165, 1.54) is 6.42 Å². The Hall–Kier alpha value is -2.62. The van der Waals surface area contributed by atoms with Crippen LogP contribution in [-0.2, 0) is 4.79 Å². The molecule has 0 aliphatic heterocycles. The Morgan fingerprint density at radius 3 is 2.44 bits per heavy atom. The molecule has 1 aliphatic carbocycles. The van der Waals surface area contributed by atoms with Gasteiger partial charge in [0.25, 0.3) is 5.91 Å². The van der Waals surface area contributed by atoms with Crippen molar-refractivity contribution in [2.75, 3.05) is 10.6 Å². The topological polar surface area (TPSA) is 58.2 Å². The van der Waals surface area contributed by atoms with E-state index in [1.54, 1.807) is 18.2 Å². The third kappa shape index (κ3) is 4.47. The summed E-state index contributed by atoms with van der Waals surface area (Å²) in [6.45, 7) is 1.98. The molecule has 25 heavy (non-hydrogen) atoms. The molecule has 3 rings (SSSR count). The summed E-state index contributed by atoms with van der Waals surface area (Å²) in [7, 11) is 0. The van der Waals surface area contributed by atoms with E-state index in [2.05, 4.69) is 10.6 Å². The van der Waals surface area contributed by atoms with Crippen molar-refractivity contribution in [1.29, 1.82) is 0 Å². The summed E-state index contributed by atoms with van der Waals surface area (Å²) in [5.41, 5.74) is 2.88. The van der Waals surface area contributed by atoms with Gasteiger partial charge in [-0.15, -0.1) is 0 Å². The standard InChI is InChI=1S/C21H24N2O2/c1-15-8-7-11-17(14-15)22-21(25)18-12-5-6-13-19(18)23-20(24)16-9-3-2-4-10-16/h5-8,11-14,16H,2-4,9-10H2,1H3,(H,22,25)(H,23,24). The molecule has 0 bridgehead atoms. The first-order valence-corrected chi connectivity index (χ1v) is 8.91. The van der Waals surface area contributed by atoms with Crippen molar-refractivity contribution in [3.63, 3.8) is 0 Å². The number of amides is 2. The zero-order chi connectivity index (χ0) is 17.6. The normalized spacial score (nSPS) is 14.8. The van der Waals surface area contributed by atoms with Crippen molar-refractivity contribution < 1.29 is 9.59 Å². The van der Waals surface area contributed by atoms with E-state index >= 15 is 0 Å². The van der Waals surface area contributed by atoms with E-state index < -0.39 is 0 Å². The van der Waals surface area contributed by atoms with Gasteiger partial charge in [0, 0.05) is 11.6 Å². The molecule has 4 nitrogen and oxygen atoms in total. The monoisotopic (exact) mass is 336 g/mol. The number of aryl methyl sites for hydroxylation is 1. The van der Waals surface area contributed by atoms with Gasteiger partial charge in [-0.25, -0.2) is 0 Å². The van der Waals surface area contributed by atoms with E-state index in [4.69, 9.17) is 0 Å². The Bertz CT molecular complexity index is 764. The van der Waals surface area contributed by atoms with Crippen molar-refractivity contribution >= 4 is 23.2 Å². The van der Waals surface area contributed by atoms with Crippen LogP contribution in [-0.4, -0.2) is 11.8 Å². The Morgan fingerprint density at radius 2 is 1.68 bits per heavy atom. The first kappa shape index (κ1) is 17.2. The molecule has 2 aromatic rings. The summed E-state index contributed by atoms with van der Waals surface area (Å²) < 4.78 is 0. The third-order valence-corrected chi connectivity index (χ3v) is 4.68. The molecule has 0 heterocycles. The van der Waals surface area contributed by atoms with Crippen molar-refractivity contribution in [3.05, 3.63) is 59.7 Å². The number of anilines is 2. The average molecular weight is 336 g/mol. The van der Waals surface area contributed by atoms with Crippen LogP contribution in [0.4, 0.5) is 11.4 Å². The van der Waals surface area contributed by atoms with Gasteiger partial charge in [0.2, 0.25) is 5.91 Å². The van der Waals surface area contributed by atoms with Gasteiger partial charge in [-0.05, 0) is 49.6 Å². The second kappa shape index (κ2) is 7.97. The van der Waals surface area contributed by atoms with Crippen LogP contribution in [0.2, 0.25) is 0 Å². The van der Waals surface area contributed by atoms with Crippen LogP contribution < -0.4 is 10.6 Å². The molecular weight excluding hydrogens is 312 g/mol. The first-order valence-electron chi connectivity index (χ1n) is 8.91. The largest absolute Gasteiger partial charge is 0.325 e. The molecule has 0 saturated heterocycles. The van der Waals surface area contributed by atoms with E-state index in [0.29, 0.717) is 11.3 Å². The van der Waals surface area contributed by atoms with E-state index in [-0.39, 0.29) is 17.7 Å². The number of carbonyl (C=O) groups is 2. The zero-order valence-corrected chi connectivity index (χ0v) is 14.5. The van der Waals surface area contributed by atoms with Crippen LogP contribution in [0.3, 0.4) is 0 Å². The fourth-order valence-electron chi connectivity index (χ4n) is 3.31. The predicted octanol–water partition coefficient (Wildman–Crippen LogP) is 4.77. The van der Waals surface area contributed by atoms with Crippen molar-refractivity contribution in [2.45, 2.75) is 39.0 Å². The lowest BCUT2D eigenvalue weighted by Gasteiger charge is -2.21. The SMILES string of the molecule is Cc1cccc(NC(=O)c2ccccc2NC(=O)C2CCCCC2)c1. The number of para-hydroxylation sites is 1. The van der Waals surface area contributed by atoms with Gasteiger partial charge in [-0.1, -0.05) is 43.5 Å². The van der Waals surface area contributed by atoms with Crippen molar-refractivity contribution in [2.24, 2.45) is 5.92 Å². The summed E-state index contributed by atoms with van der Waals surface area (Å²) in [5, 5.41) is 5.86. The van der Waals surface area contributed by atoms with E-state index in [1.807, 2.05) is 37.3 Å². The smallest absolute Gasteiger partial charge is 0.257 e. The van der Waals surface area contributed by atoms with Crippen LogP contribution in [0.15, 0.2) is 48.5 Å². The van der Waals surface area contributed by atoms with Gasteiger partial charge in [-0.3, -0.25) is 9.59 Å². The second-order valence-electron chi connectivity index (χ2n) is 6.69. The van der Waals surface area contributed by atoms with Gasteiger partial charge in [-0.2, -0.15) is 0 Å². The number of carbonyl (C=O) groups excluding carboxylic acids is 2. The van der Waals surface area contributed by atoms with Crippen molar-refractivity contribution in [3.8, 4) is 0 Å². The minimum atomic E-state index is -0.217. The highest BCUT2D eigenvalue weighted by atomic mass is 16.2. The lowest BCUT2D eigenvalue weighted by atomic mass is 9.88. The van der Waals surface area contributed by atoms with Crippen LogP contribution in [0.5, 0.6) is 0 Å². The number of nitrogens with one attached hydrogen (secondary N) is 2. The quantitative estimate of drug-likeness (QED) is 0.845. The lowest BCUT2D eigenvalue weighted by Crippen LogP contribution is -2.26. The summed E-state index contributed by atoms with van der Waals surface area (Å²) in [6.07, 6.45) is 5.29. The Balaban J connectivity index is 1.73. The molecule has 130 valence electrons. The minimum absolute atomic E-state index is 0.0236. The van der Waals surface area contributed by atoms with Crippen LogP contribution in [0.1, 0.15) is 48.0 Å². The molecule has 0 spiro atoms. The fourth-order valence-corrected chi connectivity index (χ4v) is 3.31. The Morgan fingerprint density at radius 1 is 0.920 bits per heavy atom. The molecule has 0 unspecified atom stereocenters. The number of hydrogen-bond acceptors (Lipinski definition) is 2. The minimum Gasteiger partial charge on any atom is -0.325 e. The maximum Gasteiger partial charge on any atom is 0.257 e. The number of hydrogen-bond donors (Lipinski definition) is 2. The Labute approximate surface area is 148 Å². The fraction of sp³-hybridized carbons (Fsp3) is 0.333. The molecule has 2 N–H and O–H groups in total. The molecule has 2 aromatic carbocycles. The summed E-state index contributed by atoms with van der Waals surface area (Å²) in [4.78, 5) is 25.1. The van der Waals surface area contributed by atoms with Crippen LogP contribution in [0, 0.1) is 12.8 Å². The van der Waals surface area contributed by atoms with Crippen LogP contribution >= 0.6 is 0 Å². The highest BCUT2D eigenvalue weighted by Crippen LogP contribution is 2.26. The summed E-state index contributed by atoms with van der Waals surface area (Å²) in [6, 6.07) is 14.8. The van der Waals surface area contributed by atoms with Crippen LogP contribution in [0.25, 0.3) is 0 Å². The van der Waals surface area contributed by atoms with E-state index in [9.17, 15) is 9.59 Å². The molecule has 0 aromatic heterocycles. The molecule has 1 fully saturated rings. The first-order chi connectivity index (χ1) is 12.1. The molecule has 4 heteroatoms. The predicted molar refractivity (Wildman–Crippen MR) is 101 cm³/mol. The molecule has 2 amide bonds. The maximum absolute atomic E-state index is 12.6. The molecule has 0 atom stereocenters. The van der Waals surface area contributed by atoms with Gasteiger partial charge in [0.05, 0.1) is 11.3 Å². The van der Waals surface area contributed by atoms with Gasteiger partial charge >= 0.3 is 0 Å². The Kier molecular flexibility index (Phi) is 5.49. The lowest BCUT2D eigenvalue weighted by molar-refractivity contribution is -0.120. The molecule has 1 aliphatic rings. The summed E-state index contributed by atoms with van der Waals surface area (Å²) in [5.74, 6) is -0.137. The average Bonchev–Trinajstić information content (AvgIpc) is 2.63. The maximum atomic E-state index is 12.6. The highest BCUT2D eigenvalue weighted by molar-refractivity contribution is 6.10. The molecular formula is C21H24N2O2.